The number of benzene rings is 1. The van der Waals surface area contributed by atoms with Gasteiger partial charge in [-0.15, -0.1) is 0 Å². The average Bonchev–Trinajstić information content (AvgIpc) is 2.95. The summed E-state index contributed by atoms with van der Waals surface area (Å²) in [5.74, 6) is -0.461. The van der Waals surface area contributed by atoms with Crippen LogP contribution in [0.25, 0.3) is 0 Å². The second-order valence-electron chi connectivity index (χ2n) is 7.33. The van der Waals surface area contributed by atoms with E-state index in [-0.39, 0.29) is 42.2 Å². The van der Waals surface area contributed by atoms with Crippen LogP contribution in [-0.2, 0) is 11.2 Å². The Morgan fingerprint density at radius 2 is 1.74 bits per heavy atom. The maximum absolute atomic E-state index is 13.9. The lowest BCUT2D eigenvalue weighted by molar-refractivity contribution is -0.135. The summed E-state index contributed by atoms with van der Waals surface area (Å²) in [7, 11) is 0. The van der Waals surface area contributed by atoms with Gasteiger partial charge in [0.05, 0.1) is 6.42 Å². The molecule has 1 aromatic heterocycles. The van der Waals surface area contributed by atoms with Gasteiger partial charge in [-0.2, -0.15) is 0 Å². The number of nitrogens with zero attached hydrogens (tertiary/aromatic N) is 2. The minimum atomic E-state index is -0.335. The van der Waals surface area contributed by atoms with Crippen LogP contribution in [0.4, 0.5) is 4.39 Å². The molecule has 4 rings (SSSR count). The van der Waals surface area contributed by atoms with E-state index in [2.05, 4.69) is 10.3 Å². The van der Waals surface area contributed by atoms with Crippen molar-refractivity contribution in [2.24, 2.45) is 0 Å². The third-order valence-corrected chi connectivity index (χ3v) is 5.60. The highest BCUT2D eigenvalue weighted by molar-refractivity contribution is 5.94. The zero-order valence-electron chi connectivity index (χ0n) is 15.0. The Morgan fingerprint density at radius 1 is 1.07 bits per heavy atom. The fourth-order valence-corrected chi connectivity index (χ4v) is 4.37. The molecular formula is C21H22FN3O2. The summed E-state index contributed by atoms with van der Waals surface area (Å²) in [4.78, 5) is 31.0. The highest BCUT2D eigenvalue weighted by atomic mass is 19.1. The van der Waals surface area contributed by atoms with Crippen LogP contribution in [0, 0.1) is 5.82 Å². The number of fused-ring (bicyclic) bond motifs is 2. The molecule has 140 valence electrons. The lowest BCUT2D eigenvalue weighted by Gasteiger charge is -2.39. The number of pyridine rings is 1. The van der Waals surface area contributed by atoms with Crippen molar-refractivity contribution in [1.82, 2.24) is 15.2 Å². The molecule has 1 N–H and O–H groups in total. The maximum Gasteiger partial charge on any atom is 0.251 e. The van der Waals surface area contributed by atoms with Crippen LogP contribution in [0.2, 0.25) is 0 Å². The van der Waals surface area contributed by atoms with Crippen LogP contribution in [0.15, 0.2) is 48.8 Å². The summed E-state index contributed by atoms with van der Waals surface area (Å²) in [6.07, 6.45) is 6.66. The SMILES string of the molecule is O=C(NC1C[C@H]2CC[C@@H](C1)N2C(=O)Cc1ccccc1F)c1ccncc1. The monoisotopic (exact) mass is 367 g/mol. The number of amides is 2. The molecule has 0 saturated carbocycles. The molecular weight excluding hydrogens is 345 g/mol. The highest BCUT2D eigenvalue weighted by Crippen LogP contribution is 2.36. The van der Waals surface area contributed by atoms with Gasteiger partial charge in [-0.1, -0.05) is 18.2 Å². The van der Waals surface area contributed by atoms with Crippen molar-refractivity contribution in [3.05, 3.63) is 65.7 Å². The molecule has 3 heterocycles. The van der Waals surface area contributed by atoms with Crippen molar-refractivity contribution in [2.45, 2.75) is 50.2 Å². The average molecular weight is 367 g/mol. The van der Waals surface area contributed by atoms with Crippen molar-refractivity contribution in [1.29, 1.82) is 0 Å². The van der Waals surface area contributed by atoms with Gasteiger partial charge in [-0.25, -0.2) is 4.39 Å². The van der Waals surface area contributed by atoms with Crippen LogP contribution < -0.4 is 5.32 Å². The molecule has 2 aliphatic heterocycles. The molecule has 2 bridgehead atoms. The van der Waals surface area contributed by atoms with Crippen molar-refractivity contribution in [3.63, 3.8) is 0 Å². The molecule has 2 amide bonds. The Hall–Kier alpha value is -2.76. The van der Waals surface area contributed by atoms with Crippen molar-refractivity contribution >= 4 is 11.8 Å². The molecule has 27 heavy (non-hydrogen) atoms. The molecule has 1 aromatic carbocycles. The van der Waals surface area contributed by atoms with E-state index in [0.717, 1.165) is 25.7 Å². The fourth-order valence-electron chi connectivity index (χ4n) is 4.37. The summed E-state index contributed by atoms with van der Waals surface area (Å²) in [5, 5.41) is 3.09. The molecule has 2 aromatic rings. The molecule has 2 fully saturated rings. The molecule has 1 unspecified atom stereocenters. The van der Waals surface area contributed by atoms with E-state index in [1.165, 1.54) is 6.07 Å². The number of carbonyl (C=O) groups excluding carboxylic acids is 2. The topological polar surface area (TPSA) is 62.3 Å². The Kier molecular flexibility index (Phi) is 4.88. The normalized spacial score (nSPS) is 23.9. The van der Waals surface area contributed by atoms with E-state index < -0.39 is 0 Å². The maximum atomic E-state index is 13.9. The minimum Gasteiger partial charge on any atom is -0.349 e. The van der Waals surface area contributed by atoms with Gasteiger partial charge in [0, 0.05) is 36.1 Å². The summed E-state index contributed by atoms with van der Waals surface area (Å²) >= 11 is 0. The Bertz CT molecular complexity index is 828. The summed E-state index contributed by atoms with van der Waals surface area (Å²) in [6, 6.07) is 10.1. The van der Waals surface area contributed by atoms with Gasteiger partial charge >= 0.3 is 0 Å². The molecule has 2 saturated heterocycles. The first-order chi connectivity index (χ1) is 13.1. The molecule has 0 spiro atoms. The predicted molar refractivity (Wildman–Crippen MR) is 98.5 cm³/mol. The highest BCUT2D eigenvalue weighted by Gasteiger charge is 2.43. The summed E-state index contributed by atoms with van der Waals surface area (Å²) < 4.78 is 13.9. The number of piperidine rings is 1. The molecule has 5 nitrogen and oxygen atoms in total. The number of halogens is 1. The third kappa shape index (κ3) is 3.70. The van der Waals surface area contributed by atoms with Gasteiger partial charge in [0.1, 0.15) is 5.82 Å². The minimum absolute atomic E-state index is 0.0217. The Balaban J connectivity index is 1.39. The van der Waals surface area contributed by atoms with E-state index in [1.54, 1.807) is 42.7 Å². The van der Waals surface area contributed by atoms with Crippen LogP contribution in [-0.4, -0.2) is 39.8 Å². The first kappa shape index (κ1) is 17.6. The number of rotatable bonds is 4. The fraction of sp³-hybridized carbons (Fsp3) is 0.381. The first-order valence-electron chi connectivity index (χ1n) is 9.37. The van der Waals surface area contributed by atoms with E-state index in [0.29, 0.717) is 11.1 Å². The zero-order chi connectivity index (χ0) is 18.8. The number of hydrogen-bond acceptors (Lipinski definition) is 3. The van der Waals surface area contributed by atoms with E-state index in [9.17, 15) is 14.0 Å². The van der Waals surface area contributed by atoms with Gasteiger partial charge < -0.3 is 10.2 Å². The zero-order valence-corrected chi connectivity index (χ0v) is 15.0. The van der Waals surface area contributed by atoms with Gasteiger partial charge in [0.15, 0.2) is 0 Å². The lowest BCUT2D eigenvalue weighted by Crippen LogP contribution is -2.52. The molecule has 0 radical (unpaired) electrons. The predicted octanol–water partition coefficient (Wildman–Crippen LogP) is 2.72. The van der Waals surface area contributed by atoms with E-state index in [1.807, 2.05) is 4.90 Å². The van der Waals surface area contributed by atoms with Crippen molar-refractivity contribution < 1.29 is 14.0 Å². The van der Waals surface area contributed by atoms with Gasteiger partial charge in [-0.05, 0) is 49.4 Å². The van der Waals surface area contributed by atoms with Crippen LogP contribution in [0.5, 0.6) is 0 Å². The number of nitrogens with one attached hydrogen (secondary N) is 1. The van der Waals surface area contributed by atoms with E-state index >= 15 is 0 Å². The molecule has 3 atom stereocenters. The van der Waals surface area contributed by atoms with Crippen molar-refractivity contribution in [3.8, 4) is 0 Å². The van der Waals surface area contributed by atoms with Crippen LogP contribution in [0.1, 0.15) is 41.6 Å². The van der Waals surface area contributed by atoms with E-state index in [4.69, 9.17) is 0 Å². The smallest absolute Gasteiger partial charge is 0.251 e. The summed E-state index contributed by atoms with van der Waals surface area (Å²) in [5.41, 5.74) is 1.03. The third-order valence-electron chi connectivity index (χ3n) is 5.60. The first-order valence-corrected chi connectivity index (χ1v) is 9.37. The van der Waals surface area contributed by atoms with Crippen LogP contribution >= 0.6 is 0 Å². The molecule has 6 heteroatoms. The number of aromatic nitrogens is 1. The van der Waals surface area contributed by atoms with Crippen molar-refractivity contribution in [2.75, 3.05) is 0 Å². The molecule has 2 aliphatic rings. The Labute approximate surface area is 157 Å². The lowest BCUT2D eigenvalue weighted by atomic mass is 9.96. The Morgan fingerprint density at radius 3 is 2.41 bits per heavy atom. The standard InChI is InChI=1S/C21H22FN3O2/c22-19-4-2-1-3-15(19)11-20(26)25-17-5-6-18(25)13-16(12-17)24-21(27)14-7-9-23-10-8-14/h1-4,7-10,16-18H,5-6,11-13H2,(H,24,27)/t16?,17-,18+. The second kappa shape index (κ2) is 7.47. The number of carbonyl (C=O) groups is 2. The quantitative estimate of drug-likeness (QED) is 0.904. The number of hydrogen-bond donors (Lipinski definition) is 1. The van der Waals surface area contributed by atoms with Gasteiger partial charge in [0.2, 0.25) is 5.91 Å². The summed E-state index contributed by atoms with van der Waals surface area (Å²) in [6.45, 7) is 0. The van der Waals surface area contributed by atoms with Gasteiger partial charge in [0.25, 0.3) is 5.91 Å². The van der Waals surface area contributed by atoms with Gasteiger partial charge in [-0.3, -0.25) is 14.6 Å². The molecule has 0 aliphatic carbocycles. The largest absolute Gasteiger partial charge is 0.349 e. The second-order valence-corrected chi connectivity index (χ2v) is 7.33. The van der Waals surface area contributed by atoms with Crippen LogP contribution in [0.3, 0.4) is 0 Å².